The second-order valence-electron chi connectivity index (χ2n) is 2.66. The Balaban J connectivity index is 3.33. The van der Waals surface area contributed by atoms with Gasteiger partial charge >= 0.3 is 0 Å². The van der Waals surface area contributed by atoms with Crippen molar-refractivity contribution in [2.45, 2.75) is 32.8 Å². The van der Waals surface area contributed by atoms with Crippen LogP contribution in [0.15, 0.2) is 0 Å². The molecule has 0 aromatic heterocycles. The highest BCUT2D eigenvalue weighted by molar-refractivity contribution is 7.98. The Morgan fingerprint density at radius 1 is 1.44 bits per heavy atom. The summed E-state index contributed by atoms with van der Waals surface area (Å²) >= 11 is 1.72. The minimum atomic E-state index is 0.0724. The molecule has 0 atom stereocenters. The summed E-state index contributed by atoms with van der Waals surface area (Å²) in [5.41, 5.74) is 0.0724. The predicted octanol–water partition coefficient (Wildman–Crippen LogP) is 2.51. The summed E-state index contributed by atoms with van der Waals surface area (Å²) in [5, 5.41) is 0. The minimum Gasteiger partial charge on any atom is -0.365 e. The molecular formula is C7H16OS. The smallest absolute Gasteiger partial charge is 0.0925 e. The highest BCUT2D eigenvalue weighted by Crippen LogP contribution is 2.14. The molecule has 0 N–H and O–H groups in total. The van der Waals surface area contributed by atoms with Crippen molar-refractivity contribution < 1.29 is 4.74 Å². The molecule has 0 bridgehead atoms. The van der Waals surface area contributed by atoms with Crippen LogP contribution in [0.4, 0.5) is 0 Å². The molecule has 9 heavy (non-hydrogen) atoms. The van der Waals surface area contributed by atoms with Gasteiger partial charge in [-0.25, -0.2) is 0 Å². The summed E-state index contributed by atoms with van der Waals surface area (Å²) in [6, 6.07) is 0. The molecule has 0 radical (unpaired) electrons. The molecule has 2 heteroatoms. The van der Waals surface area contributed by atoms with Crippen LogP contribution in [0.25, 0.3) is 0 Å². The maximum Gasteiger partial charge on any atom is 0.0925 e. The van der Waals surface area contributed by atoms with Crippen LogP contribution in [-0.4, -0.2) is 17.8 Å². The molecule has 0 aromatic carbocycles. The molecule has 0 aliphatic heterocycles. The molecule has 0 rings (SSSR count). The Kier molecular flexibility index (Phi) is 4.32. The number of thioether (sulfide) groups is 1. The first-order valence-corrected chi connectivity index (χ1v) is 4.64. The third kappa shape index (κ3) is 4.79. The van der Waals surface area contributed by atoms with Gasteiger partial charge in [0.1, 0.15) is 0 Å². The predicted molar refractivity (Wildman–Crippen MR) is 43.8 cm³/mol. The fourth-order valence-electron chi connectivity index (χ4n) is 0.321. The molecule has 1 nitrogen and oxygen atoms in total. The topological polar surface area (TPSA) is 9.23 Å². The maximum atomic E-state index is 5.49. The van der Waals surface area contributed by atoms with Gasteiger partial charge in [0.15, 0.2) is 0 Å². The lowest BCUT2D eigenvalue weighted by Crippen LogP contribution is -2.22. The van der Waals surface area contributed by atoms with E-state index < -0.39 is 0 Å². The zero-order valence-corrected chi connectivity index (χ0v) is 7.55. The zero-order chi connectivity index (χ0) is 7.33. The molecule has 0 aliphatic carbocycles. The minimum absolute atomic E-state index is 0.0724. The number of rotatable bonds is 4. The van der Waals surface area contributed by atoms with Crippen LogP contribution < -0.4 is 0 Å². The normalized spacial score (nSPS) is 12.0. The average molecular weight is 148 g/mol. The van der Waals surface area contributed by atoms with Crippen molar-refractivity contribution in [3.63, 3.8) is 0 Å². The van der Waals surface area contributed by atoms with Gasteiger partial charge < -0.3 is 4.74 Å². The standard InChI is InChI=1S/C7H16OS/c1-5-7(2,3)8-6-9-4/h5-6H2,1-4H3. The third-order valence-corrected chi connectivity index (χ3v) is 1.77. The van der Waals surface area contributed by atoms with Crippen LogP contribution in [0, 0.1) is 0 Å². The van der Waals surface area contributed by atoms with Gasteiger partial charge in [-0.1, -0.05) is 6.92 Å². The lowest BCUT2D eigenvalue weighted by Gasteiger charge is -2.22. The Morgan fingerprint density at radius 3 is 2.33 bits per heavy atom. The fraction of sp³-hybridized carbons (Fsp3) is 1.00. The molecule has 0 saturated carbocycles. The van der Waals surface area contributed by atoms with Gasteiger partial charge in [-0.3, -0.25) is 0 Å². The van der Waals surface area contributed by atoms with Gasteiger partial charge in [0.2, 0.25) is 0 Å². The molecule has 0 saturated heterocycles. The summed E-state index contributed by atoms with van der Waals surface area (Å²) in [6.45, 7) is 6.37. The van der Waals surface area contributed by atoms with Crippen molar-refractivity contribution in [2.75, 3.05) is 12.2 Å². The zero-order valence-electron chi connectivity index (χ0n) is 6.73. The molecular weight excluding hydrogens is 132 g/mol. The lowest BCUT2D eigenvalue weighted by atomic mass is 10.1. The van der Waals surface area contributed by atoms with E-state index in [4.69, 9.17) is 4.74 Å². The first-order valence-electron chi connectivity index (χ1n) is 3.25. The quantitative estimate of drug-likeness (QED) is 0.566. The average Bonchev–Trinajstić information content (AvgIpc) is 1.84. The van der Waals surface area contributed by atoms with Crippen molar-refractivity contribution in [2.24, 2.45) is 0 Å². The Bertz CT molecular complexity index is 71.3. The third-order valence-electron chi connectivity index (χ3n) is 1.42. The molecule has 0 aromatic rings. The number of hydrogen-bond donors (Lipinski definition) is 0. The molecule has 0 aliphatic rings. The van der Waals surface area contributed by atoms with Gasteiger partial charge in [-0.15, -0.1) is 11.8 Å². The van der Waals surface area contributed by atoms with Crippen molar-refractivity contribution in [3.05, 3.63) is 0 Å². The Labute approximate surface area is 62.2 Å². The van der Waals surface area contributed by atoms with Crippen molar-refractivity contribution >= 4 is 11.8 Å². The van der Waals surface area contributed by atoms with Crippen LogP contribution in [0.2, 0.25) is 0 Å². The second-order valence-corrected chi connectivity index (χ2v) is 3.48. The largest absolute Gasteiger partial charge is 0.365 e. The van der Waals surface area contributed by atoms with Crippen molar-refractivity contribution in [1.82, 2.24) is 0 Å². The van der Waals surface area contributed by atoms with E-state index in [9.17, 15) is 0 Å². The van der Waals surface area contributed by atoms with Crippen LogP contribution in [0.3, 0.4) is 0 Å². The summed E-state index contributed by atoms with van der Waals surface area (Å²) in [4.78, 5) is 0. The van der Waals surface area contributed by atoms with Crippen LogP contribution in [0.5, 0.6) is 0 Å². The van der Waals surface area contributed by atoms with E-state index in [2.05, 4.69) is 20.8 Å². The summed E-state index contributed by atoms with van der Waals surface area (Å²) in [6.07, 6.45) is 3.12. The second kappa shape index (κ2) is 4.18. The molecule has 0 spiro atoms. The van der Waals surface area contributed by atoms with Gasteiger partial charge in [0.05, 0.1) is 11.5 Å². The Hall–Kier alpha value is 0.310. The van der Waals surface area contributed by atoms with Crippen LogP contribution in [-0.2, 0) is 4.74 Å². The van der Waals surface area contributed by atoms with E-state index >= 15 is 0 Å². The molecule has 0 fully saturated rings. The van der Waals surface area contributed by atoms with Crippen molar-refractivity contribution in [1.29, 1.82) is 0 Å². The van der Waals surface area contributed by atoms with E-state index in [1.54, 1.807) is 11.8 Å². The fourth-order valence-corrected chi connectivity index (χ4v) is 0.757. The molecule has 56 valence electrons. The van der Waals surface area contributed by atoms with E-state index in [0.717, 1.165) is 12.4 Å². The monoisotopic (exact) mass is 148 g/mol. The number of ether oxygens (including phenoxy) is 1. The highest BCUT2D eigenvalue weighted by atomic mass is 32.2. The molecule has 0 amide bonds. The van der Waals surface area contributed by atoms with Crippen LogP contribution in [0.1, 0.15) is 27.2 Å². The maximum absolute atomic E-state index is 5.49. The summed E-state index contributed by atoms with van der Waals surface area (Å²) in [5.74, 6) is 0.806. The van der Waals surface area contributed by atoms with E-state index in [1.807, 2.05) is 6.26 Å². The van der Waals surface area contributed by atoms with Crippen LogP contribution >= 0.6 is 11.8 Å². The lowest BCUT2D eigenvalue weighted by molar-refractivity contribution is 0.00950. The number of hydrogen-bond acceptors (Lipinski definition) is 2. The SMILES string of the molecule is CCC(C)(C)OCSC. The molecule has 0 unspecified atom stereocenters. The first kappa shape index (κ1) is 9.31. The van der Waals surface area contributed by atoms with Gasteiger partial charge in [-0.2, -0.15) is 0 Å². The van der Waals surface area contributed by atoms with E-state index in [-0.39, 0.29) is 5.60 Å². The van der Waals surface area contributed by atoms with E-state index in [1.165, 1.54) is 0 Å². The summed E-state index contributed by atoms with van der Waals surface area (Å²) < 4.78 is 5.49. The van der Waals surface area contributed by atoms with Gasteiger partial charge in [0.25, 0.3) is 0 Å². The van der Waals surface area contributed by atoms with Crippen molar-refractivity contribution in [3.8, 4) is 0 Å². The highest BCUT2D eigenvalue weighted by Gasteiger charge is 2.13. The van der Waals surface area contributed by atoms with Gasteiger partial charge in [-0.05, 0) is 26.5 Å². The molecule has 0 heterocycles. The van der Waals surface area contributed by atoms with Gasteiger partial charge in [0, 0.05) is 0 Å². The van der Waals surface area contributed by atoms with E-state index in [0.29, 0.717) is 0 Å². The Morgan fingerprint density at radius 2 is 2.00 bits per heavy atom. The summed E-state index contributed by atoms with van der Waals surface area (Å²) in [7, 11) is 0. The first-order chi connectivity index (χ1) is 4.12.